The van der Waals surface area contributed by atoms with Crippen molar-refractivity contribution < 1.29 is 4.79 Å². The summed E-state index contributed by atoms with van der Waals surface area (Å²) in [7, 11) is 0. The first-order valence-electron chi connectivity index (χ1n) is 3.56. The fourth-order valence-corrected chi connectivity index (χ4v) is 0.590. The lowest BCUT2D eigenvalue weighted by atomic mass is 10.1. The van der Waals surface area contributed by atoms with Gasteiger partial charge in [0.15, 0.2) is 0 Å². The molecule has 0 amide bonds. The molecule has 0 unspecified atom stereocenters. The summed E-state index contributed by atoms with van der Waals surface area (Å²) in [6, 6.07) is 0. The van der Waals surface area contributed by atoms with E-state index in [1.165, 1.54) is 0 Å². The van der Waals surface area contributed by atoms with E-state index in [9.17, 15) is 4.79 Å². The average molecular weight is 152 g/mol. The van der Waals surface area contributed by atoms with Crippen molar-refractivity contribution >= 4 is 6.29 Å². The van der Waals surface area contributed by atoms with Crippen molar-refractivity contribution in [1.82, 2.24) is 0 Å². The highest BCUT2D eigenvalue weighted by Crippen LogP contribution is 2.02. The van der Waals surface area contributed by atoms with Crippen molar-refractivity contribution in [3.63, 3.8) is 0 Å². The van der Waals surface area contributed by atoms with E-state index in [1.54, 1.807) is 6.08 Å². The van der Waals surface area contributed by atoms with Gasteiger partial charge in [0.2, 0.25) is 0 Å². The van der Waals surface area contributed by atoms with Gasteiger partial charge in [-0.15, -0.1) is 13.2 Å². The first kappa shape index (κ1) is 12.6. The second-order valence-electron chi connectivity index (χ2n) is 1.77. The molecule has 0 aromatic carbocycles. The number of aldehydes is 1. The zero-order valence-electron chi connectivity index (χ0n) is 7.18. The molecule has 0 aromatic heterocycles. The summed E-state index contributed by atoms with van der Waals surface area (Å²) in [6.07, 6.45) is 6.10. The minimum Gasteiger partial charge on any atom is -0.303 e. The summed E-state index contributed by atoms with van der Waals surface area (Å²) in [5.74, 6) is 0. The fraction of sp³-hybridized carbons (Fsp3) is 0.300. The van der Waals surface area contributed by atoms with Gasteiger partial charge in [-0.25, -0.2) is 0 Å². The van der Waals surface area contributed by atoms with Crippen molar-refractivity contribution in [3.05, 3.63) is 37.5 Å². The summed E-state index contributed by atoms with van der Waals surface area (Å²) in [5.41, 5.74) is 1.14. The molecule has 0 rings (SSSR count). The lowest BCUT2D eigenvalue weighted by Gasteiger charge is -1.92. The average Bonchev–Trinajstić information content (AvgIpc) is 2.10. The van der Waals surface area contributed by atoms with Crippen molar-refractivity contribution in [2.45, 2.75) is 19.8 Å². The molecule has 0 saturated heterocycles. The highest BCUT2D eigenvalue weighted by molar-refractivity contribution is 5.50. The Balaban J connectivity index is 0. The van der Waals surface area contributed by atoms with Gasteiger partial charge in [-0.1, -0.05) is 24.3 Å². The molecule has 62 valence electrons. The Morgan fingerprint density at radius 3 is 2.27 bits per heavy atom. The molecule has 1 nitrogen and oxygen atoms in total. The van der Waals surface area contributed by atoms with Crippen LogP contribution in [-0.4, -0.2) is 6.29 Å². The molecular formula is C10H16O. The first-order chi connectivity index (χ1) is 5.35. The van der Waals surface area contributed by atoms with Gasteiger partial charge < -0.3 is 4.79 Å². The monoisotopic (exact) mass is 152 g/mol. The van der Waals surface area contributed by atoms with Crippen molar-refractivity contribution in [1.29, 1.82) is 0 Å². The molecule has 0 aliphatic carbocycles. The van der Waals surface area contributed by atoms with Crippen LogP contribution in [0.5, 0.6) is 0 Å². The third kappa shape index (κ3) is 8.89. The third-order valence-electron chi connectivity index (χ3n) is 1.18. The molecule has 0 aliphatic rings. The molecule has 11 heavy (non-hydrogen) atoms. The van der Waals surface area contributed by atoms with Gasteiger partial charge in [-0.05, 0) is 13.3 Å². The summed E-state index contributed by atoms with van der Waals surface area (Å²) in [4.78, 5) is 9.88. The molecule has 0 aromatic rings. The molecule has 1 heteroatoms. The molecule has 0 saturated carbocycles. The highest BCUT2D eigenvalue weighted by Gasteiger charge is 1.86. The van der Waals surface area contributed by atoms with Gasteiger partial charge in [-0.2, -0.15) is 0 Å². The number of hydrogen-bond acceptors (Lipinski definition) is 1. The number of hydrogen-bond donors (Lipinski definition) is 0. The van der Waals surface area contributed by atoms with E-state index in [0.717, 1.165) is 18.3 Å². The van der Waals surface area contributed by atoms with E-state index < -0.39 is 0 Å². The van der Waals surface area contributed by atoms with Gasteiger partial charge >= 0.3 is 0 Å². The van der Waals surface area contributed by atoms with Crippen LogP contribution in [0, 0.1) is 0 Å². The van der Waals surface area contributed by atoms with Crippen molar-refractivity contribution in [2.24, 2.45) is 0 Å². The first-order valence-corrected chi connectivity index (χ1v) is 3.56. The summed E-state index contributed by atoms with van der Waals surface area (Å²) in [5, 5.41) is 0. The molecule has 0 aliphatic heterocycles. The van der Waals surface area contributed by atoms with E-state index in [4.69, 9.17) is 0 Å². The number of allylic oxidation sites excluding steroid dienone is 3. The van der Waals surface area contributed by atoms with Crippen LogP contribution in [0.3, 0.4) is 0 Å². The number of carbonyl (C=O) groups is 1. The summed E-state index contributed by atoms with van der Waals surface area (Å²) in [6.45, 7) is 11.5. The Labute approximate surface area is 69.1 Å². The topological polar surface area (TPSA) is 17.1 Å². The Hall–Kier alpha value is -1.11. The van der Waals surface area contributed by atoms with Crippen LogP contribution in [0.25, 0.3) is 0 Å². The summed E-state index contributed by atoms with van der Waals surface area (Å²) >= 11 is 0. The maximum atomic E-state index is 9.88. The molecule has 0 atom stereocenters. The molecular weight excluding hydrogens is 136 g/mol. The molecule has 0 spiro atoms. The lowest BCUT2D eigenvalue weighted by Crippen LogP contribution is -1.78. The Morgan fingerprint density at radius 1 is 1.45 bits per heavy atom. The smallest absolute Gasteiger partial charge is 0.120 e. The van der Waals surface area contributed by atoms with Crippen LogP contribution in [-0.2, 0) is 4.79 Å². The van der Waals surface area contributed by atoms with Crippen LogP contribution in [0.2, 0.25) is 0 Å². The van der Waals surface area contributed by atoms with Gasteiger partial charge in [0.05, 0.1) is 0 Å². The second kappa shape index (κ2) is 11.7. The zero-order valence-corrected chi connectivity index (χ0v) is 7.18. The fourth-order valence-electron chi connectivity index (χ4n) is 0.590. The quantitative estimate of drug-likeness (QED) is 0.344. The maximum absolute atomic E-state index is 9.88. The largest absolute Gasteiger partial charge is 0.303 e. The normalized spacial score (nSPS) is 9.36. The minimum atomic E-state index is 0.603. The van der Waals surface area contributed by atoms with E-state index in [1.807, 2.05) is 13.0 Å². The molecule has 0 N–H and O–H groups in total. The van der Waals surface area contributed by atoms with Crippen LogP contribution in [0.4, 0.5) is 0 Å². The van der Waals surface area contributed by atoms with Gasteiger partial charge in [0.1, 0.15) is 6.29 Å². The predicted molar refractivity (Wildman–Crippen MR) is 50.5 cm³/mol. The van der Waals surface area contributed by atoms with E-state index in [2.05, 4.69) is 19.7 Å². The van der Waals surface area contributed by atoms with Crippen LogP contribution >= 0.6 is 0 Å². The van der Waals surface area contributed by atoms with Crippen LogP contribution < -0.4 is 0 Å². The Bertz CT molecular complexity index is 134. The maximum Gasteiger partial charge on any atom is 0.120 e. The zero-order chi connectivity index (χ0) is 9.11. The molecule has 0 heterocycles. The Morgan fingerprint density at radius 2 is 2.00 bits per heavy atom. The SMILES string of the molecule is C=C.C=C/C(=C\C)CCC=O. The van der Waals surface area contributed by atoms with E-state index in [0.29, 0.717) is 6.42 Å². The third-order valence-corrected chi connectivity index (χ3v) is 1.18. The van der Waals surface area contributed by atoms with Crippen molar-refractivity contribution in [3.8, 4) is 0 Å². The van der Waals surface area contributed by atoms with Gasteiger partial charge in [0, 0.05) is 6.42 Å². The van der Waals surface area contributed by atoms with E-state index in [-0.39, 0.29) is 0 Å². The van der Waals surface area contributed by atoms with Crippen LogP contribution in [0.1, 0.15) is 19.8 Å². The molecule has 0 bridgehead atoms. The predicted octanol–water partition coefficient (Wildman–Crippen LogP) is 2.90. The summed E-state index contributed by atoms with van der Waals surface area (Å²) < 4.78 is 0. The number of rotatable bonds is 4. The Kier molecular flexibility index (Phi) is 13.3. The van der Waals surface area contributed by atoms with Crippen LogP contribution in [0.15, 0.2) is 37.5 Å². The van der Waals surface area contributed by atoms with E-state index >= 15 is 0 Å². The molecule has 0 fully saturated rings. The minimum absolute atomic E-state index is 0.603. The highest BCUT2D eigenvalue weighted by atomic mass is 16.1. The second-order valence-corrected chi connectivity index (χ2v) is 1.77. The van der Waals surface area contributed by atoms with Gasteiger partial charge in [-0.3, -0.25) is 0 Å². The number of carbonyl (C=O) groups excluding carboxylic acids is 1. The lowest BCUT2D eigenvalue weighted by molar-refractivity contribution is -0.107. The standard InChI is InChI=1S/C8H12O.C2H4/c1-3-8(4-2)6-5-7-9;1-2/h3-4,7H,1,5-6H2,2H3;1-2H2/b8-4+;. The molecule has 0 radical (unpaired) electrons. The van der Waals surface area contributed by atoms with Gasteiger partial charge in [0.25, 0.3) is 0 Å². The van der Waals surface area contributed by atoms with Crippen molar-refractivity contribution in [2.75, 3.05) is 0 Å².